The summed E-state index contributed by atoms with van der Waals surface area (Å²) >= 11 is 0. The van der Waals surface area contributed by atoms with Crippen LogP contribution in [0, 0.1) is 5.92 Å². The summed E-state index contributed by atoms with van der Waals surface area (Å²) in [4.78, 5) is 42.9. The number of rotatable bonds is 5. The van der Waals surface area contributed by atoms with Gasteiger partial charge in [0.15, 0.2) is 18.2 Å². The number of benzene rings is 1. The summed E-state index contributed by atoms with van der Waals surface area (Å²) in [6.45, 7) is 0.226. The molecular formula is C21H17N2O4+. The van der Waals surface area contributed by atoms with E-state index in [1.54, 1.807) is 18.5 Å². The predicted molar refractivity (Wildman–Crippen MR) is 94.3 cm³/mol. The zero-order valence-electron chi connectivity index (χ0n) is 14.4. The first-order valence-electron chi connectivity index (χ1n) is 8.59. The second-order valence-corrected chi connectivity index (χ2v) is 6.38. The topological polar surface area (TPSA) is 81.7 Å². The fourth-order valence-corrected chi connectivity index (χ4v) is 3.48. The highest BCUT2D eigenvalue weighted by atomic mass is 16.3. The Labute approximate surface area is 155 Å². The highest BCUT2D eigenvalue weighted by molar-refractivity contribution is 6.43. The van der Waals surface area contributed by atoms with Crippen LogP contribution in [0.15, 0.2) is 77.7 Å². The number of amides is 1. The molecule has 6 nitrogen and oxygen atoms in total. The summed E-state index contributed by atoms with van der Waals surface area (Å²) < 4.78 is 5.19. The first-order chi connectivity index (χ1) is 13.2. The number of H-pyrrole nitrogens is 1. The number of aromatic amines is 1. The van der Waals surface area contributed by atoms with Gasteiger partial charge in [0.1, 0.15) is 5.92 Å². The minimum Gasteiger partial charge on any atom is -0.461 e. The molecule has 1 saturated heterocycles. The number of furan rings is 1. The van der Waals surface area contributed by atoms with Gasteiger partial charge in [-0.3, -0.25) is 14.4 Å². The van der Waals surface area contributed by atoms with Gasteiger partial charge >= 0.3 is 0 Å². The second kappa shape index (κ2) is 6.99. The van der Waals surface area contributed by atoms with E-state index in [0.717, 1.165) is 11.1 Å². The van der Waals surface area contributed by atoms with Crippen molar-refractivity contribution in [2.75, 3.05) is 0 Å². The van der Waals surface area contributed by atoms with Crippen molar-refractivity contribution < 1.29 is 23.8 Å². The maximum absolute atomic E-state index is 12.9. The average molecular weight is 361 g/mol. The quantitative estimate of drug-likeness (QED) is 0.396. The smallest absolute Gasteiger partial charge is 0.291 e. The van der Waals surface area contributed by atoms with Crippen LogP contribution in [0.4, 0.5) is 0 Å². The number of ketones is 2. The normalized spacial score (nSPS) is 19.5. The van der Waals surface area contributed by atoms with Crippen LogP contribution in [0.5, 0.6) is 0 Å². The molecule has 2 atom stereocenters. The molecule has 1 amide bonds. The van der Waals surface area contributed by atoms with Crippen LogP contribution < -0.4 is 4.98 Å². The lowest BCUT2D eigenvalue weighted by Gasteiger charge is -2.26. The summed E-state index contributed by atoms with van der Waals surface area (Å²) in [5.74, 6) is -2.88. The fraction of sp³-hybridized carbons (Fsp3) is 0.143. The molecule has 3 aromatic rings. The molecule has 134 valence electrons. The summed E-state index contributed by atoms with van der Waals surface area (Å²) in [7, 11) is 0. The first kappa shape index (κ1) is 16.9. The lowest BCUT2D eigenvalue weighted by Crippen LogP contribution is -2.30. The monoisotopic (exact) mass is 361 g/mol. The van der Waals surface area contributed by atoms with E-state index in [9.17, 15) is 14.4 Å². The number of hydrogen-bond donors (Lipinski definition) is 0. The molecular weight excluding hydrogens is 344 g/mol. The zero-order chi connectivity index (χ0) is 18.8. The van der Waals surface area contributed by atoms with Gasteiger partial charge < -0.3 is 9.32 Å². The zero-order valence-corrected chi connectivity index (χ0v) is 14.4. The van der Waals surface area contributed by atoms with E-state index >= 15 is 0 Å². The summed E-state index contributed by atoms with van der Waals surface area (Å²) in [6, 6.07) is 15.2. The number of Topliss-reactive ketones (excluding diaryl/α,β-unsaturated/α-hetero) is 2. The Morgan fingerprint density at radius 2 is 1.85 bits per heavy atom. The van der Waals surface area contributed by atoms with Crippen LogP contribution in [0.3, 0.4) is 0 Å². The molecule has 0 saturated carbocycles. The van der Waals surface area contributed by atoms with Gasteiger partial charge in [0.25, 0.3) is 5.91 Å². The SMILES string of the molecule is O=C1C(=O)N(Cc2ccc[nH+]c2)C(c2ccccc2)C1C(=O)c1ccco1. The third-order valence-electron chi connectivity index (χ3n) is 4.72. The Bertz CT molecular complexity index is 968. The van der Waals surface area contributed by atoms with Crippen molar-refractivity contribution in [2.45, 2.75) is 12.6 Å². The third-order valence-corrected chi connectivity index (χ3v) is 4.72. The summed E-state index contributed by atoms with van der Waals surface area (Å²) in [5.41, 5.74) is 1.58. The Kier molecular flexibility index (Phi) is 4.38. The molecule has 0 bridgehead atoms. The predicted octanol–water partition coefficient (Wildman–Crippen LogP) is 2.25. The molecule has 3 heterocycles. The van der Waals surface area contributed by atoms with E-state index in [4.69, 9.17) is 4.42 Å². The van der Waals surface area contributed by atoms with Gasteiger partial charge in [-0.2, -0.15) is 0 Å². The number of carbonyl (C=O) groups excluding carboxylic acids is 3. The standard InChI is InChI=1S/C21H16N2O4/c24-19(16-9-5-11-27-16)17-18(15-7-2-1-3-8-15)23(21(26)20(17)25)13-14-6-4-10-22-12-14/h1-12,17-18H,13H2/p+1. The third kappa shape index (κ3) is 3.06. The largest absolute Gasteiger partial charge is 0.461 e. The van der Waals surface area contributed by atoms with E-state index in [0.29, 0.717) is 0 Å². The molecule has 0 radical (unpaired) electrons. The fourth-order valence-electron chi connectivity index (χ4n) is 3.48. The maximum Gasteiger partial charge on any atom is 0.291 e. The van der Waals surface area contributed by atoms with Gasteiger partial charge in [-0.05, 0) is 23.8 Å². The van der Waals surface area contributed by atoms with Crippen LogP contribution in [0.25, 0.3) is 0 Å². The Morgan fingerprint density at radius 1 is 1.04 bits per heavy atom. The second-order valence-electron chi connectivity index (χ2n) is 6.38. The molecule has 4 rings (SSSR count). The highest BCUT2D eigenvalue weighted by Crippen LogP contribution is 2.39. The van der Waals surface area contributed by atoms with Crippen LogP contribution in [-0.2, 0) is 16.1 Å². The van der Waals surface area contributed by atoms with Crippen LogP contribution in [-0.4, -0.2) is 22.4 Å². The molecule has 2 unspecified atom stereocenters. The molecule has 1 aromatic carbocycles. The maximum atomic E-state index is 12.9. The number of aromatic nitrogens is 1. The van der Waals surface area contributed by atoms with Crippen LogP contribution in [0.1, 0.15) is 27.7 Å². The molecule has 0 aliphatic carbocycles. The highest BCUT2D eigenvalue weighted by Gasteiger charge is 2.52. The molecule has 27 heavy (non-hydrogen) atoms. The van der Waals surface area contributed by atoms with E-state index < -0.39 is 29.4 Å². The van der Waals surface area contributed by atoms with Gasteiger partial charge in [-0.15, -0.1) is 0 Å². The molecule has 2 aromatic heterocycles. The van der Waals surface area contributed by atoms with E-state index in [2.05, 4.69) is 4.98 Å². The van der Waals surface area contributed by atoms with Crippen molar-refractivity contribution in [3.63, 3.8) is 0 Å². The van der Waals surface area contributed by atoms with Crippen molar-refractivity contribution in [3.05, 3.63) is 90.1 Å². The molecule has 1 aliphatic heterocycles. The number of likely N-dealkylation sites (tertiary alicyclic amines) is 1. The van der Waals surface area contributed by atoms with E-state index in [1.807, 2.05) is 42.5 Å². The van der Waals surface area contributed by atoms with Gasteiger partial charge in [0, 0.05) is 11.6 Å². The molecule has 0 spiro atoms. The minimum atomic E-state index is -1.13. The van der Waals surface area contributed by atoms with Gasteiger partial charge in [-0.1, -0.05) is 30.3 Å². The number of nitrogens with one attached hydrogen (secondary N) is 1. The number of carbonyl (C=O) groups is 3. The lowest BCUT2D eigenvalue weighted by atomic mass is 9.88. The molecule has 1 fully saturated rings. The number of hydrogen-bond acceptors (Lipinski definition) is 4. The van der Waals surface area contributed by atoms with Gasteiger partial charge in [-0.25, -0.2) is 4.98 Å². The van der Waals surface area contributed by atoms with Crippen LogP contribution >= 0.6 is 0 Å². The average Bonchev–Trinajstić information content (AvgIpc) is 3.32. The summed E-state index contributed by atoms with van der Waals surface area (Å²) in [5, 5.41) is 0. The molecule has 1 aliphatic rings. The van der Waals surface area contributed by atoms with Crippen molar-refractivity contribution in [3.8, 4) is 0 Å². The Hall–Kier alpha value is -3.54. The first-order valence-corrected chi connectivity index (χ1v) is 8.59. The van der Waals surface area contributed by atoms with Gasteiger partial charge in [0.2, 0.25) is 11.6 Å². The van der Waals surface area contributed by atoms with E-state index in [1.165, 1.54) is 17.2 Å². The lowest BCUT2D eigenvalue weighted by molar-refractivity contribution is -0.378. The van der Waals surface area contributed by atoms with Gasteiger partial charge in [0.05, 0.1) is 18.8 Å². The number of pyridine rings is 1. The number of nitrogens with zero attached hydrogens (tertiary/aromatic N) is 1. The van der Waals surface area contributed by atoms with Crippen molar-refractivity contribution in [1.29, 1.82) is 0 Å². The molecule has 6 heteroatoms. The van der Waals surface area contributed by atoms with Crippen molar-refractivity contribution in [2.24, 2.45) is 5.92 Å². The molecule has 1 N–H and O–H groups in total. The Balaban J connectivity index is 1.77. The Morgan fingerprint density at radius 3 is 2.52 bits per heavy atom. The van der Waals surface area contributed by atoms with Crippen molar-refractivity contribution in [1.82, 2.24) is 4.90 Å². The van der Waals surface area contributed by atoms with Crippen LogP contribution in [0.2, 0.25) is 0 Å². The van der Waals surface area contributed by atoms with E-state index in [-0.39, 0.29) is 12.3 Å². The van der Waals surface area contributed by atoms with Crippen molar-refractivity contribution >= 4 is 17.5 Å². The summed E-state index contributed by atoms with van der Waals surface area (Å²) in [6.07, 6.45) is 4.91. The minimum absolute atomic E-state index is 0.0805.